The highest BCUT2D eigenvalue weighted by Gasteiger charge is 2.37. The monoisotopic (exact) mass is 279 g/mol. The first-order chi connectivity index (χ1) is 9.10. The first-order valence-corrected chi connectivity index (χ1v) is 8.05. The van der Waals surface area contributed by atoms with Crippen molar-refractivity contribution in [3.63, 3.8) is 0 Å². The van der Waals surface area contributed by atoms with E-state index in [4.69, 9.17) is 0 Å². The van der Waals surface area contributed by atoms with Gasteiger partial charge in [-0.25, -0.2) is 8.42 Å². The second kappa shape index (κ2) is 4.68. The summed E-state index contributed by atoms with van der Waals surface area (Å²) in [6.07, 6.45) is 4.62. The highest BCUT2D eigenvalue weighted by atomic mass is 32.2. The van der Waals surface area contributed by atoms with Crippen LogP contribution in [-0.4, -0.2) is 35.3 Å². The van der Waals surface area contributed by atoms with Crippen LogP contribution in [0.2, 0.25) is 0 Å². The van der Waals surface area contributed by atoms with Gasteiger partial charge in [-0.2, -0.15) is 4.31 Å². The lowest BCUT2D eigenvalue weighted by atomic mass is 10.1. The standard InChI is InChI=1S/C13H17N3O2S/c1-10-5-2-3-8-16(10)19(17,18)13-11-6-4-7-14-12(11)9-15-13/h4,6-7,10H,2-3,5,8-9H2,1H3. The van der Waals surface area contributed by atoms with E-state index in [1.807, 2.05) is 6.92 Å². The molecule has 5 nitrogen and oxygen atoms in total. The topological polar surface area (TPSA) is 62.6 Å². The highest BCUT2D eigenvalue weighted by Crippen LogP contribution is 2.26. The van der Waals surface area contributed by atoms with Crippen LogP contribution in [0.4, 0.5) is 0 Å². The zero-order valence-corrected chi connectivity index (χ0v) is 11.7. The van der Waals surface area contributed by atoms with Crippen LogP contribution in [0.5, 0.6) is 0 Å². The van der Waals surface area contributed by atoms with Gasteiger partial charge in [0.1, 0.15) is 0 Å². The van der Waals surface area contributed by atoms with Crippen molar-refractivity contribution >= 4 is 15.1 Å². The van der Waals surface area contributed by atoms with Gasteiger partial charge < -0.3 is 0 Å². The van der Waals surface area contributed by atoms with Gasteiger partial charge in [-0.05, 0) is 31.9 Å². The van der Waals surface area contributed by atoms with Crippen LogP contribution in [-0.2, 0) is 16.6 Å². The molecule has 6 heteroatoms. The number of aromatic nitrogens is 1. The van der Waals surface area contributed by atoms with Crippen molar-refractivity contribution in [2.45, 2.75) is 38.8 Å². The summed E-state index contributed by atoms with van der Waals surface area (Å²) in [5.41, 5.74) is 1.42. The molecule has 1 aromatic rings. The first-order valence-electron chi connectivity index (χ1n) is 6.61. The van der Waals surface area contributed by atoms with Crippen molar-refractivity contribution in [3.05, 3.63) is 29.6 Å². The minimum absolute atomic E-state index is 0.0576. The van der Waals surface area contributed by atoms with E-state index < -0.39 is 10.0 Å². The molecule has 1 aromatic heterocycles. The van der Waals surface area contributed by atoms with Crippen LogP contribution in [0.1, 0.15) is 37.4 Å². The molecule has 0 spiro atoms. The Morgan fingerprint density at radius 2 is 2.21 bits per heavy atom. The molecule has 2 aliphatic heterocycles. The number of piperidine rings is 1. The Bertz CT molecular complexity index is 625. The van der Waals surface area contributed by atoms with Crippen LogP contribution in [0.15, 0.2) is 23.3 Å². The maximum Gasteiger partial charge on any atom is 0.261 e. The van der Waals surface area contributed by atoms with E-state index >= 15 is 0 Å². The highest BCUT2D eigenvalue weighted by molar-refractivity contribution is 8.05. The number of fused-ring (bicyclic) bond motifs is 1. The van der Waals surface area contributed by atoms with Crippen LogP contribution in [0, 0.1) is 0 Å². The van der Waals surface area contributed by atoms with Crippen molar-refractivity contribution in [2.24, 2.45) is 4.99 Å². The molecule has 0 radical (unpaired) electrons. The number of aliphatic imine (C=N–C) groups is 1. The number of nitrogens with zero attached hydrogens (tertiary/aromatic N) is 3. The third-order valence-electron chi connectivity index (χ3n) is 3.79. The molecule has 0 amide bonds. The molecule has 1 fully saturated rings. The molecule has 1 unspecified atom stereocenters. The van der Waals surface area contributed by atoms with E-state index in [2.05, 4.69) is 9.98 Å². The maximum atomic E-state index is 12.7. The summed E-state index contributed by atoms with van der Waals surface area (Å²) in [5, 5.41) is 0.198. The Morgan fingerprint density at radius 3 is 3.00 bits per heavy atom. The Labute approximate surface area is 113 Å². The van der Waals surface area contributed by atoms with E-state index in [9.17, 15) is 8.42 Å². The van der Waals surface area contributed by atoms with Crippen LogP contribution in [0.25, 0.3) is 0 Å². The van der Waals surface area contributed by atoms with Crippen molar-refractivity contribution < 1.29 is 8.42 Å². The largest absolute Gasteiger partial charge is 0.265 e. The van der Waals surface area contributed by atoms with Crippen LogP contribution >= 0.6 is 0 Å². The number of pyridine rings is 1. The van der Waals surface area contributed by atoms with Crippen molar-refractivity contribution in [3.8, 4) is 0 Å². The van der Waals surface area contributed by atoms with Crippen LogP contribution < -0.4 is 0 Å². The summed E-state index contributed by atoms with van der Waals surface area (Å²) in [5.74, 6) is 0. The summed E-state index contributed by atoms with van der Waals surface area (Å²) >= 11 is 0. The molecule has 19 heavy (non-hydrogen) atoms. The van der Waals surface area contributed by atoms with Gasteiger partial charge in [0.25, 0.3) is 10.0 Å². The third kappa shape index (κ3) is 2.08. The molecule has 3 heterocycles. The number of hydrogen-bond donors (Lipinski definition) is 0. The summed E-state index contributed by atoms with van der Waals surface area (Å²) < 4.78 is 27.1. The number of rotatable bonds is 1. The molecule has 3 rings (SSSR count). The van der Waals surface area contributed by atoms with E-state index in [1.165, 1.54) is 0 Å². The zero-order valence-electron chi connectivity index (χ0n) is 10.9. The van der Waals surface area contributed by atoms with E-state index in [1.54, 1.807) is 22.6 Å². The fourth-order valence-electron chi connectivity index (χ4n) is 2.75. The second-order valence-electron chi connectivity index (χ2n) is 5.08. The molecule has 0 saturated carbocycles. The predicted octanol–water partition coefficient (Wildman–Crippen LogP) is 1.55. The smallest absolute Gasteiger partial charge is 0.261 e. The minimum Gasteiger partial charge on any atom is -0.265 e. The fourth-order valence-corrected chi connectivity index (χ4v) is 4.61. The molecule has 102 valence electrons. The molecule has 1 saturated heterocycles. The third-order valence-corrected chi connectivity index (χ3v) is 5.79. The van der Waals surface area contributed by atoms with Gasteiger partial charge in [0, 0.05) is 24.3 Å². The van der Waals surface area contributed by atoms with E-state index in [-0.39, 0.29) is 11.1 Å². The Morgan fingerprint density at radius 1 is 1.37 bits per heavy atom. The van der Waals surface area contributed by atoms with E-state index in [0.29, 0.717) is 18.7 Å². The lowest BCUT2D eigenvalue weighted by Gasteiger charge is -2.32. The van der Waals surface area contributed by atoms with Gasteiger partial charge in [-0.1, -0.05) is 6.42 Å². The molecule has 0 N–H and O–H groups in total. The SMILES string of the molecule is CC1CCCCN1S(=O)(=O)C1=NCc2ncccc21. The van der Waals surface area contributed by atoms with Crippen LogP contribution in [0.3, 0.4) is 0 Å². The summed E-state index contributed by atoms with van der Waals surface area (Å²) in [6, 6.07) is 3.61. The Hall–Kier alpha value is -1.27. The first kappa shape index (κ1) is 12.7. The summed E-state index contributed by atoms with van der Waals surface area (Å²) in [4.78, 5) is 8.40. The second-order valence-corrected chi connectivity index (χ2v) is 6.89. The van der Waals surface area contributed by atoms with Gasteiger partial charge in [0.05, 0.1) is 12.2 Å². The average molecular weight is 279 g/mol. The van der Waals surface area contributed by atoms with Crippen molar-refractivity contribution in [1.82, 2.24) is 9.29 Å². The summed E-state index contributed by atoms with van der Waals surface area (Å²) in [7, 11) is -3.48. The van der Waals surface area contributed by atoms with Crippen molar-refractivity contribution in [2.75, 3.05) is 6.54 Å². The predicted molar refractivity (Wildman–Crippen MR) is 73.4 cm³/mol. The molecular formula is C13H17N3O2S. The minimum atomic E-state index is -3.48. The van der Waals surface area contributed by atoms with Gasteiger partial charge in [-0.15, -0.1) is 0 Å². The van der Waals surface area contributed by atoms with Gasteiger partial charge in [0.15, 0.2) is 5.04 Å². The summed E-state index contributed by atoms with van der Waals surface area (Å²) in [6.45, 7) is 2.93. The maximum absolute atomic E-state index is 12.7. The lowest BCUT2D eigenvalue weighted by Crippen LogP contribution is -2.45. The molecule has 0 aromatic carbocycles. The normalized spacial score (nSPS) is 24.1. The molecule has 1 atom stereocenters. The molecule has 0 aliphatic carbocycles. The quantitative estimate of drug-likeness (QED) is 0.783. The Balaban J connectivity index is 1.98. The van der Waals surface area contributed by atoms with E-state index in [0.717, 1.165) is 25.0 Å². The number of sulfonamides is 1. The Kier molecular flexibility index (Phi) is 3.14. The van der Waals surface area contributed by atoms with Gasteiger partial charge in [-0.3, -0.25) is 9.98 Å². The fraction of sp³-hybridized carbons (Fsp3) is 0.538. The van der Waals surface area contributed by atoms with Gasteiger partial charge >= 0.3 is 0 Å². The van der Waals surface area contributed by atoms with Crippen molar-refractivity contribution in [1.29, 1.82) is 0 Å². The van der Waals surface area contributed by atoms with Gasteiger partial charge in [0.2, 0.25) is 0 Å². The lowest BCUT2D eigenvalue weighted by molar-refractivity contribution is 0.272. The average Bonchev–Trinajstić information content (AvgIpc) is 2.83. The molecule has 2 aliphatic rings. The number of hydrogen-bond acceptors (Lipinski definition) is 4. The zero-order chi connectivity index (χ0) is 13.5. The molecule has 0 bridgehead atoms. The molecular weight excluding hydrogens is 262 g/mol.